The van der Waals surface area contributed by atoms with Gasteiger partial charge in [-0.1, -0.05) is 39.0 Å². The Morgan fingerprint density at radius 3 is 2.67 bits per heavy atom. The molecule has 0 bridgehead atoms. The minimum atomic E-state index is -0.404. The van der Waals surface area contributed by atoms with E-state index in [1.165, 1.54) is 0 Å². The Kier molecular flexibility index (Phi) is 5.09. The van der Waals surface area contributed by atoms with Crippen LogP contribution in [0.25, 0.3) is 21.8 Å². The van der Waals surface area contributed by atoms with E-state index < -0.39 is 5.54 Å². The summed E-state index contributed by atoms with van der Waals surface area (Å²) in [5.41, 5.74) is 8.52. The van der Waals surface area contributed by atoms with Gasteiger partial charge in [-0.15, -0.1) is 0 Å². The zero-order valence-electron chi connectivity index (χ0n) is 16.8. The van der Waals surface area contributed by atoms with E-state index in [1.807, 2.05) is 36.7 Å². The van der Waals surface area contributed by atoms with E-state index in [0.29, 0.717) is 12.2 Å². The van der Waals surface area contributed by atoms with E-state index in [4.69, 9.17) is 10.8 Å². The summed E-state index contributed by atoms with van der Waals surface area (Å²) < 4.78 is 2.03. The maximum absolute atomic E-state index is 12.3. The molecule has 2 heterocycles. The van der Waals surface area contributed by atoms with Crippen LogP contribution in [0, 0.1) is 5.92 Å². The Morgan fingerprint density at radius 2 is 2.00 bits per heavy atom. The van der Waals surface area contributed by atoms with Crippen molar-refractivity contribution in [2.45, 2.75) is 59.5 Å². The number of nitrogen functional groups attached to an aromatic ring is 1. The van der Waals surface area contributed by atoms with Crippen LogP contribution in [0.3, 0.4) is 0 Å². The lowest BCUT2D eigenvalue weighted by Gasteiger charge is -2.28. The lowest BCUT2D eigenvalue weighted by Crippen LogP contribution is -2.47. The number of anilines is 1. The molecule has 3 N–H and O–H groups in total. The van der Waals surface area contributed by atoms with Crippen LogP contribution in [0.2, 0.25) is 0 Å². The van der Waals surface area contributed by atoms with E-state index in [1.54, 1.807) is 0 Å². The predicted molar refractivity (Wildman–Crippen MR) is 111 cm³/mol. The number of benzene rings is 1. The minimum absolute atomic E-state index is 0.0527. The second kappa shape index (κ2) is 7.18. The van der Waals surface area contributed by atoms with Gasteiger partial charge in [0, 0.05) is 40.9 Å². The van der Waals surface area contributed by atoms with Crippen molar-refractivity contribution in [2.75, 3.05) is 5.73 Å². The molecule has 0 aliphatic carbocycles. The molecule has 3 rings (SSSR count). The molecule has 27 heavy (non-hydrogen) atoms. The monoisotopic (exact) mass is 367 g/mol. The molecular formula is C21H29N5O. The summed E-state index contributed by atoms with van der Waals surface area (Å²) in [6.45, 7) is 10.8. The molecule has 144 valence electrons. The topological polar surface area (TPSA) is 85.8 Å². The molecular weight excluding hydrogens is 338 g/mol. The Morgan fingerprint density at radius 1 is 1.30 bits per heavy atom. The average Bonchev–Trinajstić information content (AvgIpc) is 2.93. The maximum Gasteiger partial charge on any atom is 0.222 e. The van der Waals surface area contributed by atoms with Crippen molar-refractivity contribution in [3.8, 4) is 0 Å². The number of aromatic nitrogens is 3. The molecule has 0 spiro atoms. The molecule has 0 saturated heterocycles. The molecule has 0 fully saturated rings. The molecule has 1 aromatic carbocycles. The fourth-order valence-electron chi connectivity index (χ4n) is 3.44. The number of para-hydroxylation sites is 1. The Balaban J connectivity index is 2.17. The number of nitrogens with one attached hydrogen (secondary N) is 1. The van der Waals surface area contributed by atoms with Crippen molar-refractivity contribution < 1.29 is 4.79 Å². The maximum atomic E-state index is 12.3. The van der Waals surface area contributed by atoms with Gasteiger partial charge in [-0.25, -0.2) is 4.98 Å². The van der Waals surface area contributed by atoms with Crippen LogP contribution < -0.4 is 11.1 Å². The van der Waals surface area contributed by atoms with Crippen LogP contribution in [0.5, 0.6) is 0 Å². The second-order valence-electron chi connectivity index (χ2n) is 8.11. The van der Waals surface area contributed by atoms with Crippen molar-refractivity contribution in [1.82, 2.24) is 20.1 Å². The van der Waals surface area contributed by atoms with Crippen LogP contribution in [-0.4, -0.2) is 26.2 Å². The van der Waals surface area contributed by atoms with Gasteiger partial charge >= 0.3 is 0 Å². The summed E-state index contributed by atoms with van der Waals surface area (Å²) in [4.78, 5) is 16.8. The van der Waals surface area contributed by atoms with E-state index in [0.717, 1.165) is 40.5 Å². The highest BCUT2D eigenvalue weighted by Gasteiger charge is 2.27. The number of aryl methyl sites for hydroxylation is 1. The molecule has 0 radical (unpaired) electrons. The zero-order valence-corrected chi connectivity index (χ0v) is 16.8. The highest BCUT2D eigenvalue weighted by molar-refractivity contribution is 6.09. The third-order valence-corrected chi connectivity index (χ3v) is 4.75. The second-order valence-corrected chi connectivity index (χ2v) is 8.11. The van der Waals surface area contributed by atoms with Gasteiger partial charge in [0.2, 0.25) is 5.91 Å². The summed E-state index contributed by atoms with van der Waals surface area (Å²) in [5.74, 6) is 0.447. The SMILES string of the molecule is CCCn1nc2c(N)nc3ccccc3c2c1CC(C)(C)NC(=O)C(C)C. The number of hydrogen-bond acceptors (Lipinski definition) is 4. The molecule has 2 aromatic heterocycles. The number of rotatable bonds is 6. The van der Waals surface area contributed by atoms with Gasteiger partial charge in [-0.2, -0.15) is 5.10 Å². The lowest BCUT2D eigenvalue weighted by atomic mass is 9.94. The number of fused-ring (bicyclic) bond motifs is 3. The van der Waals surface area contributed by atoms with Crippen LogP contribution in [-0.2, 0) is 17.8 Å². The van der Waals surface area contributed by atoms with Gasteiger partial charge in [-0.05, 0) is 26.3 Å². The van der Waals surface area contributed by atoms with Crippen molar-refractivity contribution in [3.63, 3.8) is 0 Å². The zero-order chi connectivity index (χ0) is 19.8. The van der Waals surface area contributed by atoms with Crippen molar-refractivity contribution in [3.05, 3.63) is 30.0 Å². The number of nitrogens with zero attached hydrogens (tertiary/aromatic N) is 3. The summed E-state index contributed by atoms with van der Waals surface area (Å²) in [6, 6.07) is 8.00. The fraction of sp³-hybridized carbons (Fsp3) is 0.476. The first kappa shape index (κ1) is 19.1. The fourth-order valence-corrected chi connectivity index (χ4v) is 3.44. The predicted octanol–water partition coefficient (Wildman–Crippen LogP) is 3.67. The molecule has 6 nitrogen and oxygen atoms in total. The highest BCUT2D eigenvalue weighted by Crippen LogP contribution is 2.32. The van der Waals surface area contributed by atoms with Crippen LogP contribution in [0.15, 0.2) is 24.3 Å². The Labute approximate surface area is 160 Å². The quantitative estimate of drug-likeness (QED) is 0.696. The normalized spacial score (nSPS) is 12.2. The highest BCUT2D eigenvalue weighted by atomic mass is 16.2. The van der Waals surface area contributed by atoms with Gasteiger partial charge in [0.15, 0.2) is 5.82 Å². The number of nitrogens with two attached hydrogens (primary N) is 1. The van der Waals surface area contributed by atoms with Gasteiger partial charge in [-0.3, -0.25) is 9.48 Å². The minimum Gasteiger partial charge on any atom is -0.382 e. The van der Waals surface area contributed by atoms with Crippen molar-refractivity contribution in [2.24, 2.45) is 5.92 Å². The molecule has 0 aliphatic rings. The largest absolute Gasteiger partial charge is 0.382 e. The number of amides is 1. The Bertz CT molecular complexity index is 987. The molecule has 3 aromatic rings. The number of carbonyl (C=O) groups is 1. The standard InChI is InChI=1S/C21H29N5O/c1-6-11-26-16(12-21(4,5)24-20(27)13(2)3)17-14-9-7-8-10-15(14)23-19(22)18(17)25-26/h7-10,13H,6,11-12H2,1-5H3,(H2,22,23)(H,24,27). The summed E-state index contributed by atoms with van der Waals surface area (Å²) in [6.07, 6.45) is 1.63. The average molecular weight is 367 g/mol. The summed E-state index contributed by atoms with van der Waals surface area (Å²) in [5, 5.41) is 10.0. The van der Waals surface area contributed by atoms with Gasteiger partial charge in [0.05, 0.1) is 5.52 Å². The number of hydrogen-bond donors (Lipinski definition) is 2. The third-order valence-electron chi connectivity index (χ3n) is 4.75. The first-order chi connectivity index (χ1) is 12.7. The van der Waals surface area contributed by atoms with E-state index in [-0.39, 0.29) is 11.8 Å². The van der Waals surface area contributed by atoms with Gasteiger partial charge in [0.25, 0.3) is 0 Å². The van der Waals surface area contributed by atoms with E-state index in [9.17, 15) is 4.79 Å². The molecule has 1 amide bonds. The molecule has 0 saturated carbocycles. The van der Waals surface area contributed by atoms with Crippen LogP contribution in [0.4, 0.5) is 5.82 Å². The third kappa shape index (κ3) is 3.75. The van der Waals surface area contributed by atoms with Crippen molar-refractivity contribution in [1.29, 1.82) is 0 Å². The van der Waals surface area contributed by atoms with E-state index in [2.05, 4.69) is 37.1 Å². The summed E-state index contributed by atoms with van der Waals surface area (Å²) in [7, 11) is 0. The molecule has 0 atom stereocenters. The first-order valence-electron chi connectivity index (χ1n) is 9.59. The Hall–Kier alpha value is -2.63. The number of carbonyl (C=O) groups excluding carboxylic acids is 1. The summed E-state index contributed by atoms with van der Waals surface area (Å²) >= 11 is 0. The van der Waals surface area contributed by atoms with Crippen LogP contribution in [0.1, 0.15) is 46.7 Å². The first-order valence-corrected chi connectivity index (χ1v) is 9.59. The van der Waals surface area contributed by atoms with E-state index >= 15 is 0 Å². The lowest BCUT2D eigenvalue weighted by molar-refractivity contribution is -0.125. The van der Waals surface area contributed by atoms with Gasteiger partial charge in [0.1, 0.15) is 5.52 Å². The smallest absolute Gasteiger partial charge is 0.222 e. The van der Waals surface area contributed by atoms with Crippen molar-refractivity contribution >= 4 is 33.5 Å². The molecule has 0 aliphatic heterocycles. The van der Waals surface area contributed by atoms with Gasteiger partial charge < -0.3 is 11.1 Å². The molecule has 6 heteroatoms. The van der Waals surface area contributed by atoms with Crippen LogP contribution >= 0.6 is 0 Å². The molecule has 0 unspecified atom stereocenters. The number of pyridine rings is 1.